The minimum absolute atomic E-state index is 0.188. The molecule has 1 amide bonds. The van der Waals surface area contributed by atoms with Gasteiger partial charge >= 0.3 is 0 Å². The van der Waals surface area contributed by atoms with Crippen LogP contribution in [0.1, 0.15) is 30.4 Å². The first kappa shape index (κ1) is 13.6. The number of carbonyl (C=O) groups excluding carboxylic acids is 1. The standard InChI is InChI=1S/C16H23N3O/c17-15(20)16(19-11-4-9-18-10-12-19)8-3-6-13-5-1-2-7-14(13)16/h1-2,5,7,18H,3-4,6,8-12H2,(H2,17,20). The molecular weight excluding hydrogens is 250 g/mol. The number of fused-ring (bicyclic) bond motifs is 1. The predicted molar refractivity (Wildman–Crippen MR) is 79.3 cm³/mol. The molecule has 0 saturated carbocycles. The highest BCUT2D eigenvalue weighted by Crippen LogP contribution is 2.40. The molecule has 1 aliphatic carbocycles. The first-order chi connectivity index (χ1) is 9.75. The Kier molecular flexibility index (Phi) is 3.76. The number of hydrogen-bond donors (Lipinski definition) is 2. The van der Waals surface area contributed by atoms with Gasteiger partial charge in [0.15, 0.2) is 0 Å². The van der Waals surface area contributed by atoms with Gasteiger partial charge in [-0.25, -0.2) is 0 Å². The zero-order valence-electron chi connectivity index (χ0n) is 11.9. The van der Waals surface area contributed by atoms with Gasteiger partial charge in [0, 0.05) is 19.6 Å². The number of carbonyl (C=O) groups is 1. The highest BCUT2D eigenvalue weighted by Gasteiger charge is 2.46. The Bertz CT molecular complexity index is 494. The molecule has 4 nitrogen and oxygen atoms in total. The summed E-state index contributed by atoms with van der Waals surface area (Å²) in [5.41, 5.74) is 7.73. The van der Waals surface area contributed by atoms with E-state index < -0.39 is 5.54 Å². The minimum atomic E-state index is -0.596. The fourth-order valence-corrected chi connectivity index (χ4v) is 3.78. The van der Waals surface area contributed by atoms with E-state index in [2.05, 4.69) is 28.4 Å². The van der Waals surface area contributed by atoms with Crippen LogP contribution in [0.3, 0.4) is 0 Å². The Balaban J connectivity index is 2.06. The first-order valence-corrected chi connectivity index (χ1v) is 7.59. The molecule has 3 rings (SSSR count). The van der Waals surface area contributed by atoms with Gasteiger partial charge in [-0.2, -0.15) is 0 Å². The zero-order chi connectivity index (χ0) is 14.0. The second-order valence-corrected chi connectivity index (χ2v) is 5.83. The minimum Gasteiger partial charge on any atom is -0.368 e. The summed E-state index contributed by atoms with van der Waals surface area (Å²) in [6.07, 6.45) is 4.00. The van der Waals surface area contributed by atoms with Crippen molar-refractivity contribution in [2.75, 3.05) is 26.2 Å². The van der Waals surface area contributed by atoms with Gasteiger partial charge in [-0.15, -0.1) is 0 Å². The van der Waals surface area contributed by atoms with E-state index in [1.54, 1.807) is 0 Å². The molecule has 2 aliphatic rings. The molecule has 1 aliphatic heterocycles. The fraction of sp³-hybridized carbons (Fsp3) is 0.562. The Labute approximate surface area is 120 Å². The average Bonchev–Trinajstić information content (AvgIpc) is 2.75. The van der Waals surface area contributed by atoms with Gasteiger partial charge < -0.3 is 11.1 Å². The maximum Gasteiger partial charge on any atom is 0.242 e. The van der Waals surface area contributed by atoms with Crippen LogP contribution in [0, 0.1) is 0 Å². The summed E-state index contributed by atoms with van der Waals surface area (Å²) < 4.78 is 0. The molecule has 20 heavy (non-hydrogen) atoms. The largest absolute Gasteiger partial charge is 0.368 e. The summed E-state index contributed by atoms with van der Waals surface area (Å²) in [6.45, 7) is 3.77. The number of rotatable bonds is 2. The van der Waals surface area contributed by atoms with Crippen molar-refractivity contribution in [1.29, 1.82) is 0 Å². The molecule has 0 bridgehead atoms. The molecule has 1 unspecified atom stereocenters. The Morgan fingerprint density at radius 1 is 1.20 bits per heavy atom. The third-order valence-corrected chi connectivity index (χ3v) is 4.74. The molecule has 1 saturated heterocycles. The normalized spacial score (nSPS) is 27.6. The maximum absolute atomic E-state index is 12.4. The summed E-state index contributed by atoms with van der Waals surface area (Å²) in [6, 6.07) is 8.32. The molecule has 108 valence electrons. The van der Waals surface area contributed by atoms with Crippen LogP contribution in [-0.2, 0) is 16.8 Å². The van der Waals surface area contributed by atoms with Crippen LogP contribution in [0.25, 0.3) is 0 Å². The van der Waals surface area contributed by atoms with E-state index in [-0.39, 0.29) is 5.91 Å². The van der Waals surface area contributed by atoms with Crippen molar-refractivity contribution in [3.63, 3.8) is 0 Å². The lowest BCUT2D eigenvalue weighted by molar-refractivity contribution is -0.132. The molecule has 1 aromatic carbocycles. The van der Waals surface area contributed by atoms with E-state index in [1.165, 1.54) is 5.56 Å². The van der Waals surface area contributed by atoms with E-state index in [0.717, 1.165) is 57.4 Å². The topological polar surface area (TPSA) is 58.4 Å². The number of benzene rings is 1. The van der Waals surface area contributed by atoms with Crippen LogP contribution in [0.15, 0.2) is 24.3 Å². The van der Waals surface area contributed by atoms with E-state index in [4.69, 9.17) is 5.73 Å². The summed E-state index contributed by atoms with van der Waals surface area (Å²) in [7, 11) is 0. The summed E-state index contributed by atoms with van der Waals surface area (Å²) in [5.74, 6) is -0.188. The monoisotopic (exact) mass is 273 g/mol. The lowest BCUT2D eigenvalue weighted by Gasteiger charge is -2.45. The van der Waals surface area contributed by atoms with Crippen molar-refractivity contribution in [1.82, 2.24) is 10.2 Å². The SMILES string of the molecule is NC(=O)C1(N2CCCNCC2)CCCc2ccccc21. The number of nitrogens with one attached hydrogen (secondary N) is 1. The molecule has 1 heterocycles. The summed E-state index contributed by atoms with van der Waals surface area (Å²) >= 11 is 0. The van der Waals surface area contributed by atoms with Gasteiger partial charge in [0.25, 0.3) is 0 Å². The summed E-state index contributed by atoms with van der Waals surface area (Å²) in [4.78, 5) is 14.7. The van der Waals surface area contributed by atoms with Gasteiger partial charge in [0.1, 0.15) is 5.54 Å². The Morgan fingerprint density at radius 3 is 2.90 bits per heavy atom. The van der Waals surface area contributed by atoms with Crippen LogP contribution in [0.5, 0.6) is 0 Å². The number of primary amides is 1. The first-order valence-electron chi connectivity index (χ1n) is 7.59. The number of hydrogen-bond acceptors (Lipinski definition) is 3. The molecule has 1 aromatic rings. The molecule has 0 aromatic heterocycles. The molecule has 1 atom stereocenters. The third-order valence-electron chi connectivity index (χ3n) is 4.74. The Morgan fingerprint density at radius 2 is 2.05 bits per heavy atom. The van der Waals surface area contributed by atoms with Crippen LogP contribution >= 0.6 is 0 Å². The quantitative estimate of drug-likeness (QED) is 0.845. The molecule has 0 spiro atoms. The summed E-state index contributed by atoms with van der Waals surface area (Å²) in [5, 5.41) is 3.40. The maximum atomic E-state index is 12.4. The molecule has 4 heteroatoms. The van der Waals surface area contributed by atoms with Gasteiger partial charge in [-0.3, -0.25) is 9.69 Å². The molecule has 0 radical (unpaired) electrons. The number of amides is 1. The average molecular weight is 273 g/mol. The van der Waals surface area contributed by atoms with Crippen molar-refractivity contribution in [3.05, 3.63) is 35.4 Å². The zero-order valence-corrected chi connectivity index (χ0v) is 11.9. The highest BCUT2D eigenvalue weighted by molar-refractivity contribution is 5.87. The lowest BCUT2D eigenvalue weighted by atomic mass is 9.74. The number of nitrogens with two attached hydrogens (primary N) is 1. The highest BCUT2D eigenvalue weighted by atomic mass is 16.1. The smallest absolute Gasteiger partial charge is 0.242 e. The third kappa shape index (κ3) is 2.13. The number of nitrogens with zero attached hydrogens (tertiary/aromatic N) is 1. The van der Waals surface area contributed by atoms with E-state index >= 15 is 0 Å². The molecular formula is C16H23N3O. The van der Waals surface area contributed by atoms with E-state index in [9.17, 15) is 4.79 Å². The van der Waals surface area contributed by atoms with E-state index in [1.807, 2.05) is 6.07 Å². The van der Waals surface area contributed by atoms with Crippen molar-refractivity contribution >= 4 is 5.91 Å². The lowest BCUT2D eigenvalue weighted by Crippen LogP contribution is -2.57. The van der Waals surface area contributed by atoms with Crippen LogP contribution in [0.2, 0.25) is 0 Å². The van der Waals surface area contributed by atoms with E-state index in [0.29, 0.717) is 0 Å². The molecule has 3 N–H and O–H groups in total. The van der Waals surface area contributed by atoms with Crippen molar-refractivity contribution in [3.8, 4) is 0 Å². The fourth-order valence-electron chi connectivity index (χ4n) is 3.78. The van der Waals surface area contributed by atoms with Crippen molar-refractivity contribution < 1.29 is 4.79 Å². The number of aryl methyl sites for hydroxylation is 1. The van der Waals surface area contributed by atoms with Gasteiger partial charge in [0.05, 0.1) is 0 Å². The van der Waals surface area contributed by atoms with Crippen LogP contribution in [0.4, 0.5) is 0 Å². The second-order valence-electron chi connectivity index (χ2n) is 5.83. The van der Waals surface area contributed by atoms with Crippen molar-refractivity contribution in [2.45, 2.75) is 31.2 Å². The van der Waals surface area contributed by atoms with Crippen LogP contribution in [-0.4, -0.2) is 37.0 Å². The molecule has 1 fully saturated rings. The van der Waals surface area contributed by atoms with Gasteiger partial charge in [-0.05, 0) is 43.4 Å². The Hall–Kier alpha value is -1.39. The predicted octanol–water partition coefficient (Wildman–Crippen LogP) is 0.999. The van der Waals surface area contributed by atoms with Gasteiger partial charge in [0.2, 0.25) is 5.91 Å². The second kappa shape index (κ2) is 5.54. The van der Waals surface area contributed by atoms with Gasteiger partial charge in [-0.1, -0.05) is 24.3 Å². The van der Waals surface area contributed by atoms with Crippen LogP contribution < -0.4 is 11.1 Å². The van der Waals surface area contributed by atoms with Crippen molar-refractivity contribution in [2.24, 2.45) is 5.73 Å².